The van der Waals surface area contributed by atoms with Crippen molar-refractivity contribution < 1.29 is 4.79 Å². The van der Waals surface area contributed by atoms with Gasteiger partial charge in [-0.15, -0.1) is 0 Å². The molecule has 2 aromatic rings. The maximum atomic E-state index is 13.3. The minimum Gasteiger partial charge on any atom is -0.354 e. The van der Waals surface area contributed by atoms with E-state index in [1.54, 1.807) is 0 Å². The summed E-state index contributed by atoms with van der Waals surface area (Å²) in [4.78, 5) is 29.3. The molecule has 6 heteroatoms. The fourth-order valence-electron chi connectivity index (χ4n) is 4.48. The lowest BCUT2D eigenvalue weighted by molar-refractivity contribution is -0.123. The largest absolute Gasteiger partial charge is 0.354 e. The van der Waals surface area contributed by atoms with Gasteiger partial charge in [0, 0.05) is 56.1 Å². The van der Waals surface area contributed by atoms with E-state index < -0.39 is 0 Å². The van der Waals surface area contributed by atoms with Crippen LogP contribution >= 0.6 is 0 Å². The van der Waals surface area contributed by atoms with Gasteiger partial charge in [-0.3, -0.25) is 9.69 Å². The Balaban J connectivity index is 1.42. The van der Waals surface area contributed by atoms with E-state index in [-0.39, 0.29) is 11.9 Å². The second-order valence-corrected chi connectivity index (χ2v) is 8.80. The maximum Gasteiger partial charge on any atom is 0.244 e. The molecule has 1 atom stereocenters. The van der Waals surface area contributed by atoms with E-state index in [0.717, 1.165) is 68.6 Å². The molecule has 1 aromatic heterocycles. The van der Waals surface area contributed by atoms with E-state index >= 15 is 0 Å². The summed E-state index contributed by atoms with van der Waals surface area (Å²) < 4.78 is 0. The van der Waals surface area contributed by atoms with Crippen LogP contribution in [-0.2, 0) is 11.2 Å². The number of benzene rings is 1. The van der Waals surface area contributed by atoms with Gasteiger partial charge in [0.15, 0.2) is 0 Å². The van der Waals surface area contributed by atoms with Crippen LogP contribution in [0.1, 0.15) is 50.2 Å². The summed E-state index contributed by atoms with van der Waals surface area (Å²) in [6.45, 7) is 12.6. The van der Waals surface area contributed by atoms with Crippen molar-refractivity contribution in [2.75, 3.05) is 42.5 Å². The first kappa shape index (κ1) is 20.8. The van der Waals surface area contributed by atoms with Crippen molar-refractivity contribution in [3.8, 4) is 0 Å². The first-order valence-electron chi connectivity index (χ1n) is 11.2. The second kappa shape index (κ2) is 8.72. The third-order valence-corrected chi connectivity index (χ3v) is 6.29. The van der Waals surface area contributed by atoms with Crippen LogP contribution in [0, 0.1) is 6.92 Å². The minimum absolute atomic E-state index is 0.114. The molecule has 3 heterocycles. The van der Waals surface area contributed by atoms with Crippen molar-refractivity contribution in [2.45, 2.75) is 52.5 Å². The van der Waals surface area contributed by atoms with Gasteiger partial charge in [0.2, 0.25) is 5.91 Å². The molecule has 1 aromatic carbocycles. The van der Waals surface area contributed by atoms with Gasteiger partial charge in [-0.25, -0.2) is 9.97 Å². The van der Waals surface area contributed by atoms with E-state index in [0.29, 0.717) is 5.92 Å². The van der Waals surface area contributed by atoms with Crippen LogP contribution in [0.15, 0.2) is 30.3 Å². The van der Waals surface area contributed by atoms with Gasteiger partial charge in [0.25, 0.3) is 0 Å². The van der Waals surface area contributed by atoms with Crippen molar-refractivity contribution in [3.63, 3.8) is 0 Å². The van der Waals surface area contributed by atoms with Gasteiger partial charge in [-0.05, 0) is 38.3 Å². The van der Waals surface area contributed by atoms with Gasteiger partial charge >= 0.3 is 0 Å². The van der Waals surface area contributed by atoms with Gasteiger partial charge in [0.05, 0.1) is 6.04 Å². The molecular formula is C24H33N5O. The first-order chi connectivity index (χ1) is 14.4. The molecule has 1 amide bonds. The summed E-state index contributed by atoms with van der Waals surface area (Å²) in [5, 5.41) is 0. The highest BCUT2D eigenvalue weighted by Gasteiger charge is 2.31. The van der Waals surface area contributed by atoms with E-state index in [2.05, 4.69) is 59.8 Å². The molecule has 0 unspecified atom stereocenters. The lowest BCUT2D eigenvalue weighted by Crippen LogP contribution is -2.55. The van der Waals surface area contributed by atoms with E-state index in [4.69, 9.17) is 4.98 Å². The molecule has 6 nitrogen and oxygen atoms in total. The lowest BCUT2D eigenvalue weighted by atomic mass is 10.0. The molecule has 0 spiro atoms. The Labute approximate surface area is 179 Å². The first-order valence-corrected chi connectivity index (χ1v) is 11.2. The fraction of sp³-hybridized carbons (Fsp3) is 0.542. The van der Waals surface area contributed by atoms with Crippen LogP contribution in [0.4, 0.5) is 11.5 Å². The van der Waals surface area contributed by atoms with Crippen molar-refractivity contribution in [1.29, 1.82) is 0 Å². The number of hydrogen-bond acceptors (Lipinski definition) is 5. The lowest BCUT2D eigenvalue weighted by Gasteiger charge is -2.40. The Morgan fingerprint density at radius 1 is 1.00 bits per heavy atom. The summed E-state index contributed by atoms with van der Waals surface area (Å²) >= 11 is 0. The number of fused-ring (bicyclic) bond motifs is 1. The Kier molecular flexibility index (Phi) is 6.04. The van der Waals surface area contributed by atoms with Crippen molar-refractivity contribution >= 4 is 17.4 Å². The number of hydrogen-bond donors (Lipinski definition) is 0. The number of amides is 1. The SMILES string of the molecule is Cc1cc(N2CCN([C@H](C)C(=O)N3CCCc4ccccc43)CC2)nc(C(C)C)n1. The third-order valence-electron chi connectivity index (χ3n) is 6.29. The Bertz CT molecular complexity index is 904. The molecule has 160 valence electrons. The zero-order valence-electron chi connectivity index (χ0n) is 18.6. The molecule has 2 aliphatic heterocycles. The van der Waals surface area contributed by atoms with E-state index in [1.165, 1.54) is 5.56 Å². The van der Waals surface area contributed by atoms with Crippen molar-refractivity contribution in [3.05, 3.63) is 47.4 Å². The van der Waals surface area contributed by atoms with Crippen LogP contribution in [0.2, 0.25) is 0 Å². The smallest absolute Gasteiger partial charge is 0.244 e. The standard InChI is InChI=1S/C24H33N5O/c1-17(2)23-25-18(3)16-22(26-23)28-14-12-27(13-15-28)19(4)24(30)29-11-7-9-20-8-5-6-10-21(20)29/h5-6,8,10,16-17,19H,7,9,11-15H2,1-4H3/t19-/m1/s1. The Hall–Kier alpha value is -2.47. The summed E-state index contributed by atoms with van der Waals surface area (Å²) in [7, 11) is 0. The Morgan fingerprint density at radius 3 is 2.47 bits per heavy atom. The van der Waals surface area contributed by atoms with Crippen molar-refractivity contribution in [1.82, 2.24) is 14.9 Å². The number of anilines is 2. The average molecular weight is 408 g/mol. The number of piperazine rings is 1. The molecule has 1 fully saturated rings. The predicted molar refractivity (Wildman–Crippen MR) is 121 cm³/mol. The van der Waals surface area contributed by atoms with E-state index in [1.807, 2.05) is 17.9 Å². The highest BCUT2D eigenvalue weighted by atomic mass is 16.2. The molecule has 0 N–H and O–H groups in total. The molecule has 1 saturated heterocycles. The molecule has 4 rings (SSSR count). The van der Waals surface area contributed by atoms with Crippen LogP contribution < -0.4 is 9.80 Å². The monoisotopic (exact) mass is 407 g/mol. The van der Waals surface area contributed by atoms with Crippen molar-refractivity contribution in [2.24, 2.45) is 0 Å². The van der Waals surface area contributed by atoms with Gasteiger partial charge < -0.3 is 9.80 Å². The number of aryl methyl sites for hydroxylation is 2. The summed E-state index contributed by atoms with van der Waals surface area (Å²) in [6.07, 6.45) is 2.10. The molecule has 0 aliphatic carbocycles. The molecule has 0 saturated carbocycles. The molecule has 0 radical (unpaired) electrons. The highest BCUT2D eigenvalue weighted by Crippen LogP contribution is 2.28. The minimum atomic E-state index is -0.114. The van der Waals surface area contributed by atoms with Crippen LogP contribution in [0.25, 0.3) is 0 Å². The zero-order chi connectivity index (χ0) is 21.3. The predicted octanol–water partition coefficient (Wildman–Crippen LogP) is 3.40. The van der Waals surface area contributed by atoms with Crippen LogP contribution in [0.3, 0.4) is 0 Å². The normalized spacial score (nSPS) is 18.4. The summed E-state index contributed by atoms with van der Waals surface area (Å²) in [5.41, 5.74) is 3.39. The fourth-order valence-corrected chi connectivity index (χ4v) is 4.48. The van der Waals surface area contributed by atoms with Gasteiger partial charge in [-0.1, -0.05) is 32.0 Å². The number of aromatic nitrogens is 2. The molecule has 30 heavy (non-hydrogen) atoms. The maximum absolute atomic E-state index is 13.3. The zero-order valence-corrected chi connectivity index (χ0v) is 18.6. The third kappa shape index (κ3) is 4.19. The summed E-state index contributed by atoms with van der Waals surface area (Å²) in [6, 6.07) is 10.3. The summed E-state index contributed by atoms with van der Waals surface area (Å²) in [5.74, 6) is 2.44. The van der Waals surface area contributed by atoms with E-state index in [9.17, 15) is 4.79 Å². The topological polar surface area (TPSA) is 52.6 Å². The average Bonchev–Trinajstić information content (AvgIpc) is 2.77. The number of carbonyl (C=O) groups excluding carboxylic acids is 1. The second-order valence-electron chi connectivity index (χ2n) is 8.80. The molecule has 2 aliphatic rings. The van der Waals surface area contributed by atoms with Gasteiger partial charge in [-0.2, -0.15) is 0 Å². The van der Waals surface area contributed by atoms with Crippen LogP contribution in [-0.4, -0.2) is 59.5 Å². The molecule has 0 bridgehead atoms. The highest BCUT2D eigenvalue weighted by molar-refractivity contribution is 5.98. The number of nitrogens with zero attached hydrogens (tertiary/aromatic N) is 5. The number of carbonyl (C=O) groups is 1. The quantitative estimate of drug-likeness (QED) is 0.778. The Morgan fingerprint density at radius 2 is 1.73 bits per heavy atom. The van der Waals surface area contributed by atoms with Gasteiger partial charge in [0.1, 0.15) is 11.6 Å². The number of rotatable bonds is 4. The molecular weight excluding hydrogens is 374 g/mol. The number of para-hydroxylation sites is 1. The van der Waals surface area contributed by atoms with Crippen LogP contribution in [0.5, 0.6) is 0 Å².